The first kappa shape index (κ1) is 26.1. The molecule has 0 radical (unpaired) electrons. The lowest BCUT2D eigenvalue weighted by atomic mass is 9.92. The van der Waals surface area contributed by atoms with Crippen LogP contribution in [0.1, 0.15) is 66.3 Å². The lowest BCUT2D eigenvalue weighted by Gasteiger charge is -2.49. The monoisotopic (exact) mass is 489 g/mol. The molecule has 4 heterocycles. The van der Waals surface area contributed by atoms with E-state index in [1.807, 2.05) is 26.7 Å². The number of rotatable bonds is 7. The van der Waals surface area contributed by atoms with E-state index >= 15 is 0 Å². The molecule has 1 aromatic rings. The van der Waals surface area contributed by atoms with Crippen LogP contribution >= 0.6 is 0 Å². The molecule has 0 aliphatic carbocycles. The number of ether oxygens (including phenoxy) is 2. The van der Waals surface area contributed by atoms with Crippen LogP contribution < -0.4 is 5.32 Å². The molecule has 1 spiro atoms. The molecule has 1 N–H and O–H groups in total. The molecule has 35 heavy (non-hydrogen) atoms. The number of carbonyl (C=O) groups excluding carboxylic acids is 2. The maximum absolute atomic E-state index is 13.9. The minimum Gasteiger partial charge on any atom is -0.347 e. The summed E-state index contributed by atoms with van der Waals surface area (Å²) in [5.74, 6) is 0.197. The molecule has 2 amide bonds. The lowest BCUT2D eigenvalue weighted by molar-refractivity contribution is -0.300. The van der Waals surface area contributed by atoms with Gasteiger partial charge < -0.3 is 24.6 Å². The highest BCUT2D eigenvalue weighted by molar-refractivity contribution is 5.90. The molecule has 0 bridgehead atoms. The van der Waals surface area contributed by atoms with Crippen LogP contribution in [-0.4, -0.2) is 88.2 Å². The van der Waals surface area contributed by atoms with Gasteiger partial charge in [0.05, 0.1) is 25.3 Å². The van der Waals surface area contributed by atoms with Crippen molar-refractivity contribution in [2.75, 3.05) is 32.8 Å². The molecule has 9 heteroatoms. The molecule has 3 aliphatic heterocycles. The van der Waals surface area contributed by atoms with Gasteiger partial charge in [0, 0.05) is 50.9 Å². The first-order valence-electron chi connectivity index (χ1n) is 13.3. The zero-order chi connectivity index (χ0) is 25.2. The molecule has 3 fully saturated rings. The van der Waals surface area contributed by atoms with Crippen molar-refractivity contribution in [3.63, 3.8) is 0 Å². The summed E-state index contributed by atoms with van der Waals surface area (Å²) >= 11 is 0. The minimum atomic E-state index is -0.652. The highest BCUT2D eigenvalue weighted by atomic mass is 16.7. The largest absolute Gasteiger partial charge is 0.347 e. The van der Waals surface area contributed by atoms with Crippen molar-refractivity contribution in [2.45, 2.75) is 90.3 Å². The van der Waals surface area contributed by atoms with Gasteiger partial charge in [0.2, 0.25) is 11.8 Å². The predicted octanol–water partition coefficient (Wildman–Crippen LogP) is 2.44. The van der Waals surface area contributed by atoms with Crippen LogP contribution in [0.25, 0.3) is 0 Å². The quantitative estimate of drug-likeness (QED) is 0.633. The van der Waals surface area contributed by atoms with Gasteiger partial charge in [-0.05, 0) is 37.7 Å². The number of nitrogens with zero attached hydrogens (tertiary/aromatic N) is 4. The standard InChI is InChI=1S/C26H43N5O4/c1-18(2)13-22-24(32)30(12-9-27-22)23(14-19(3)4)25(33)29-11-7-26(15-20(29)5)34-16-21(17-35-26)31-10-6-8-28-31/h6,8,10,18-23,27H,7,9,11-17H2,1-5H3/t20-,21?,22-,23-,26?/m0/s1. The van der Waals surface area contributed by atoms with Crippen LogP contribution in [0.5, 0.6) is 0 Å². The molecular weight excluding hydrogens is 446 g/mol. The summed E-state index contributed by atoms with van der Waals surface area (Å²) in [6.45, 7) is 13.5. The van der Waals surface area contributed by atoms with Crippen molar-refractivity contribution in [3.8, 4) is 0 Å². The van der Waals surface area contributed by atoms with Gasteiger partial charge in [-0.1, -0.05) is 27.7 Å². The van der Waals surface area contributed by atoms with Crippen LogP contribution in [0.2, 0.25) is 0 Å². The number of amides is 2. The van der Waals surface area contributed by atoms with Gasteiger partial charge in [-0.25, -0.2) is 0 Å². The Balaban J connectivity index is 1.42. The first-order chi connectivity index (χ1) is 16.7. The van der Waals surface area contributed by atoms with Crippen molar-refractivity contribution in [2.24, 2.45) is 11.8 Å². The molecule has 3 saturated heterocycles. The fraction of sp³-hybridized carbons (Fsp3) is 0.808. The Morgan fingerprint density at radius 2 is 1.94 bits per heavy atom. The molecule has 1 aromatic heterocycles. The van der Waals surface area contributed by atoms with Gasteiger partial charge in [-0.2, -0.15) is 5.10 Å². The average Bonchev–Trinajstić information content (AvgIpc) is 3.34. The van der Waals surface area contributed by atoms with E-state index in [0.717, 1.165) is 13.0 Å². The number of hydrogen-bond acceptors (Lipinski definition) is 6. The number of aromatic nitrogens is 2. The normalized spacial score (nSPS) is 30.9. The van der Waals surface area contributed by atoms with Crippen LogP contribution in [0.3, 0.4) is 0 Å². The van der Waals surface area contributed by atoms with E-state index in [2.05, 4.69) is 45.0 Å². The number of piperidine rings is 1. The fourth-order valence-corrected chi connectivity index (χ4v) is 5.72. The Labute approximate surface area is 209 Å². The number of likely N-dealkylation sites (tertiary alicyclic amines) is 1. The number of carbonyl (C=O) groups is 2. The molecule has 3 atom stereocenters. The molecule has 0 saturated carbocycles. The van der Waals surface area contributed by atoms with E-state index in [-0.39, 0.29) is 29.9 Å². The second-order valence-electron chi connectivity index (χ2n) is 11.3. The Morgan fingerprint density at radius 1 is 1.20 bits per heavy atom. The third kappa shape index (κ3) is 5.89. The Kier molecular flexibility index (Phi) is 8.18. The Bertz CT molecular complexity index is 850. The smallest absolute Gasteiger partial charge is 0.245 e. The average molecular weight is 490 g/mol. The molecule has 0 aromatic carbocycles. The fourth-order valence-electron chi connectivity index (χ4n) is 5.72. The van der Waals surface area contributed by atoms with E-state index in [0.29, 0.717) is 57.4 Å². The topological polar surface area (TPSA) is 88.9 Å². The predicted molar refractivity (Wildman–Crippen MR) is 133 cm³/mol. The number of hydrogen-bond donors (Lipinski definition) is 1. The van der Waals surface area contributed by atoms with E-state index in [9.17, 15) is 9.59 Å². The van der Waals surface area contributed by atoms with Gasteiger partial charge >= 0.3 is 0 Å². The van der Waals surface area contributed by atoms with Crippen molar-refractivity contribution in [1.82, 2.24) is 24.9 Å². The van der Waals surface area contributed by atoms with E-state index in [1.54, 1.807) is 6.20 Å². The van der Waals surface area contributed by atoms with Crippen LogP contribution in [0.15, 0.2) is 18.5 Å². The van der Waals surface area contributed by atoms with Crippen LogP contribution in [-0.2, 0) is 19.1 Å². The second-order valence-corrected chi connectivity index (χ2v) is 11.3. The summed E-state index contributed by atoms with van der Waals surface area (Å²) in [6.07, 6.45) is 6.41. The summed E-state index contributed by atoms with van der Waals surface area (Å²) < 4.78 is 14.4. The van der Waals surface area contributed by atoms with Crippen LogP contribution in [0.4, 0.5) is 0 Å². The zero-order valence-electron chi connectivity index (χ0n) is 22.0. The van der Waals surface area contributed by atoms with Gasteiger partial charge in [0.1, 0.15) is 6.04 Å². The summed E-state index contributed by atoms with van der Waals surface area (Å²) in [6, 6.07) is 1.31. The molecule has 0 unspecified atom stereocenters. The molecular formula is C26H43N5O4. The minimum absolute atomic E-state index is 0.0309. The van der Waals surface area contributed by atoms with Crippen molar-refractivity contribution < 1.29 is 19.1 Å². The Morgan fingerprint density at radius 3 is 2.54 bits per heavy atom. The van der Waals surface area contributed by atoms with Gasteiger partial charge in [0.25, 0.3) is 0 Å². The maximum atomic E-state index is 13.9. The van der Waals surface area contributed by atoms with Crippen molar-refractivity contribution in [3.05, 3.63) is 18.5 Å². The van der Waals surface area contributed by atoms with E-state index < -0.39 is 11.8 Å². The van der Waals surface area contributed by atoms with Crippen LogP contribution in [0, 0.1) is 11.8 Å². The van der Waals surface area contributed by atoms with Gasteiger partial charge in [0.15, 0.2) is 5.79 Å². The molecule has 9 nitrogen and oxygen atoms in total. The highest BCUT2D eigenvalue weighted by Crippen LogP contribution is 2.36. The molecule has 196 valence electrons. The molecule has 4 rings (SSSR count). The van der Waals surface area contributed by atoms with Crippen molar-refractivity contribution >= 4 is 11.8 Å². The summed E-state index contributed by atoms with van der Waals surface area (Å²) in [5.41, 5.74) is 0. The first-order valence-corrected chi connectivity index (χ1v) is 13.3. The number of nitrogens with one attached hydrogen (secondary N) is 1. The third-order valence-corrected chi connectivity index (χ3v) is 7.52. The van der Waals surface area contributed by atoms with E-state index in [4.69, 9.17) is 9.47 Å². The van der Waals surface area contributed by atoms with Gasteiger partial charge in [-0.3, -0.25) is 14.3 Å². The summed E-state index contributed by atoms with van der Waals surface area (Å²) in [7, 11) is 0. The van der Waals surface area contributed by atoms with E-state index in [1.165, 1.54) is 0 Å². The Hall–Kier alpha value is -1.97. The van der Waals surface area contributed by atoms with Gasteiger partial charge in [-0.15, -0.1) is 0 Å². The third-order valence-electron chi connectivity index (χ3n) is 7.52. The number of piperazine rings is 1. The zero-order valence-corrected chi connectivity index (χ0v) is 22.0. The lowest BCUT2D eigenvalue weighted by Crippen LogP contribution is -2.64. The maximum Gasteiger partial charge on any atom is 0.245 e. The summed E-state index contributed by atoms with van der Waals surface area (Å²) in [5, 5.41) is 7.67. The summed E-state index contributed by atoms with van der Waals surface area (Å²) in [4.78, 5) is 31.1. The highest BCUT2D eigenvalue weighted by Gasteiger charge is 2.47. The molecule has 3 aliphatic rings. The van der Waals surface area contributed by atoms with Crippen molar-refractivity contribution in [1.29, 1.82) is 0 Å². The SMILES string of the molecule is CC(C)C[C@@H]1NCCN([C@@H](CC(C)C)C(=O)N2CCC3(C[C@@H]2C)OCC(n2cccn2)CO3)C1=O. The second kappa shape index (κ2) is 11.0.